The first kappa shape index (κ1) is 19.1. The van der Waals surface area contributed by atoms with E-state index in [2.05, 4.69) is 4.72 Å². The van der Waals surface area contributed by atoms with Gasteiger partial charge in [0.25, 0.3) is 0 Å². The van der Waals surface area contributed by atoms with E-state index in [4.69, 9.17) is 4.74 Å². The molecule has 0 aliphatic carbocycles. The van der Waals surface area contributed by atoms with Crippen LogP contribution in [0, 0.1) is 6.92 Å². The third-order valence-electron chi connectivity index (χ3n) is 3.57. The van der Waals surface area contributed by atoms with Crippen molar-refractivity contribution < 1.29 is 23.1 Å². The standard InChI is InChI=1S/C18H21NO5S/c1-13-8-10-16(11-9-13)25(22,23)19-17(14(2)20)18(21)24-12-15-6-4-3-5-7-15/h3-11,14,17,19-20H,12H2,1-2H3. The quantitative estimate of drug-likeness (QED) is 0.732. The third kappa shape index (κ3) is 5.38. The SMILES string of the molecule is Cc1ccc(S(=O)(=O)NC(C(=O)OCc2ccccc2)C(C)O)cc1. The molecule has 134 valence electrons. The van der Waals surface area contributed by atoms with Crippen LogP contribution >= 0.6 is 0 Å². The van der Waals surface area contributed by atoms with E-state index in [1.807, 2.05) is 13.0 Å². The first-order chi connectivity index (χ1) is 11.8. The highest BCUT2D eigenvalue weighted by atomic mass is 32.2. The highest BCUT2D eigenvalue weighted by Gasteiger charge is 2.30. The molecule has 0 saturated heterocycles. The summed E-state index contributed by atoms with van der Waals surface area (Å²) in [7, 11) is -3.96. The summed E-state index contributed by atoms with van der Waals surface area (Å²) in [5, 5.41) is 9.81. The summed E-state index contributed by atoms with van der Waals surface area (Å²) in [5.74, 6) is -0.838. The third-order valence-corrected chi connectivity index (χ3v) is 5.03. The Morgan fingerprint density at radius 2 is 1.72 bits per heavy atom. The van der Waals surface area contributed by atoms with Crippen molar-refractivity contribution in [3.8, 4) is 0 Å². The summed E-state index contributed by atoms with van der Waals surface area (Å²) >= 11 is 0. The van der Waals surface area contributed by atoms with Crippen LogP contribution < -0.4 is 4.72 Å². The van der Waals surface area contributed by atoms with Crippen LogP contribution in [0.3, 0.4) is 0 Å². The van der Waals surface area contributed by atoms with Gasteiger partial charge in [-0.25, -0.2) is 8.42 Å². The first-order valence-corrected chi connectivity index (χ1v) is 9.25. The van der Waals surface area contributed by atoms with Crippen LogP contribution in [0.5, 0.6) is 0 Å². The van der Waals surface area contributed by atoms with Gasteiger partial charge < -0.3 is 9.84 Å². The predicted molar refractivity (Wildman–Crippen MR) is 93.2 cm³/mol. The number of hydrogen-bond acceptors (Lipinski definition) is 5. The van der Waals surface area contributed by atoms with Crippen LogP contribution in [0.1, 0.15) is 18.1 Å². The molecule has 0 saturated carbocycles. The van der Waals surface area contributed by atoms with E-state index in [-0.39, 0.29) is 11.5 Å². The van der Waals surface area contributed by atoms with E-state index in [1.54, 1.807) is 36.4 Å². The molecule has 2 aromatic rings. The number of carbonyl (C=O) groups is 1. The van der Waals surface area contributed by atoms with Crippen molar-refractivity contribution in [1.82, 2.24) is 4.72 Å². The number of aryl methyl sites for hydroxylation is 1. The first-order valence-electron chi connectivity index (χ1n) is 7.77. The van der Waals surface area contributed by atoms with Crippen molar-refractivity contribution >= 4 is 16.0 Å². The van der Waals surface area contributed by atoms with Crippen molar-refractivity contribution in [3.05, 3.63) is 65.7 Å². The van der Waals surface area contributed by atoms with Gasteiger partial charge in [-0.3, -0.25) is 4.79 Å². The van der Waals surface area contributed by atoms with Gasteiger partial charge in [-0.15, -0.1) is 0 Å². The van der Waals surface area contributed by atoms with Gasteiger partial charge in [0.1, 0.15) is 12.6 Å². The maximum atomic E-state index is 12.4. The minimum atomic E-state index is -3.96. The Labute approximate surface area is 147 Å². The zero-order valence-corrected chi connectivity index (χ0v) is 14.9. The topological polar surface area (TPSA) is 92.7 Å². The lowest BCUT2D eigenvalue weighted by Crippen LogP contribution is -2.48. The van der Waals surface area contributed by atoms with Gasteiger partial charge in [0.05, 0.1) is 11.0 Å². The van der Waals surface area contributed by atoms with Crippen LogP contribution in [0.4, 0.5) is 0 Å². The maximum absolute atomic E-state index is 12.4. The van der Waals surface area contributed by atoms with E-state index in [0.717, 1.165) is 11.1 Å². The molecule has 0 radical (unpaired) electrons. The fraction of sp³-hybridized carbons (Fsp3) is 0.278. The molecular formula is C18H21NO5S. The summed E-state index contributed by atoms with van der Waals surface area (Å²) in [6.45, 7) is 3.16. The van der Waals surface area contributed by atoms with Crippen LogP contribution in [0.2, 0.25) is 0 Å². The van der Waals surface area contributed by atoms with Crippen molar-refractivity contribution in [2.24, 2.45) is 0 Å². The summed E-state index contributed by atoms with van der Waals surface area (Å²) in [6.07, 6.45) is -1.25. The Morgan fingerprint density at radius 1 is 1.12 bits per heavy atom. The van der Waals surface area contributed by atoms with Gasteiger partial charge in [-0.05, 0) is 31.5 Å². The molecule has 0 amide bonds. The average Bonchev–Trinajstić information content (AvgIpc) is 2.58. The lowest BCUT2D eigenvalue weighted by Gasteiger charge is -2.20. The molecule has 2 N–H and O–H groups in total. The van der Waals surface area contributed by atoms with Gasteiger partial charge in [-0.1, -0.05) is 48.0 Å². The Hall–Kier alpha value is -2.22. The Kier molecular flexibility index (Phi) is 6.30. The van der Waals surface area contributed by atoms with Crippen LogP contribution in [0.25, 0.3) is 0 Å². The van der Waals surface area contributed by atoms with Gasteiger partial charge in [-0.2, -0.15) is 4.72 Å². The highest BCUT2D eigenvalue weighted by Crippen LogP contribution is 2.12. The summed E-state index contributed by atoms with van der Waals surface area (Å²) in [5.41, 5.74) is 1.68. The molecule has 0 aromatic heterocycles. The molecule has 0 fully saturated rings. The second kappa shape index (κ2) is 8.24. The van der Waals surface area contributed by atoms with Crippen LogP contribution in [0.15, 0.2) is 59.5 Å². The monoisotopic (exact) mass is 363 g/mol. The lowest BCUT2D eigenvalue weighted by atomic mass is 10.2. The van der Waals surface area contributed by atoms with Gasteiger partial charge in [0.15, 0.2) is 0 Å². The fourth-order valence-electron chi connectivity index (χ4n) is 2.11. The lowest BCUT2D eigenvalue weighted by molar-refractivity contribution is -0.149. The van der Waals surface area contributed by atoms with Gasteiger partial charge >= 0.3 is 5.97 Å². The van der Waals surface area contributed by atoms with E-state index in [9.17, 15) is 18.3 Å². The molecule has 2 atom stereocenters. The number of aliphatic hydroxyl groups is 1. The molecule has 2 unspecified atom stereocenters. The number of benzene rings is 2. The van der Waals surface area contributed by atoms with E-state index in [1.165, 1.54) is 19.1 Å². The molecule has 25 heavy (non-hydrogen) atoms. The minimum Gasteiger partial charge on any atom is -0.460 e. The molecule has 0 bridgehead atoms. The van der Waals surface area contributed by atoms with Crippen molar-refractivity contribution in [3.63, 3.8) is 0 Å². The number of aliphatic hydroxyl groups excluding tert-OH is 1. The average molecular weight is 363 g/mol. The van der Waals surface area contributed by atoms with Crippen molar-refractivity contribution in [1.29, 1.82) is 0 Å². The summed E-state index contributed by atoms with van der Waals surface area (Å²) in [4.78, 5) is 12.2. The second-order valence-corrected chi connectivity index (χ2v) is 7.46. The number of hydrogen-bond donors (Lipinski definition) is 2. The summed E-state index contributed by atoms with van der Waals surface area (Å²) in [6, 6.07) is 13.8. The molecule has 0 heterocycles. The largest absolute Gasteiger partial charge is 0.460 e. The zero-order chi connectivity index (χ0) is 18.4. The number of sulfonamides is 1. The minimum absolute atomic E-state index is 0.00481. The second-order valence-electron chi connectivity index (χ2n) is 5.75. The molecule has 2 rings (SSSR count). The molecule has 2 aromatic carbocycles. The number of rotatable bonds is 7. The molecule has 0 aliphatic rings. The molecule has 0 aliphatic heterocycles. The van der Waals surface area contributed by atoms with E-state index < -0.39 is 28.1 Å². The summed E-state index contributed by atoms with van der Waals surface area (Å²) < 4.78 is 32.2. The number of nitrogens with one attached hydrogen (secondary N) is 1. The van der Waals surface area contributed by atoms with Crippen molar-refractivity contribution in [2.45, 2.75) is 37.5 Å². The van der Waals surface area contributed by atoms with E-state index in [0.29, 0.717) is 0 Å². The fourth-order valence-corrected chi connectivity index (χ4v) is 3.37. The molecule has 6 nitrogen and oxygen atoms in total. The highest BCUT2D eigenvalue weighted by molar-refractivity contribution is 7.89. The smallest absolute Gasteiger partial charge is 0.327 e. The molecular weight excluding hydrogens is 342 g/mol. The van der Waals surface area contributed by atoms with Gasteiger partial charge in [0.2, 0.25) is 10.0 Å². The predicted octanol–water partition coefficient (Wildman–Crippen LogP) is 1.77. The maximum Gasteiger partial charge on any atom is 0.327 e. The Bertz CT molecular complexity index is 801. The molecule has 7 heteroatoms. The van der Waals surface area contributed by atoms with Crippen LogP contribution in [-0.4, -0.2) is 31.6 Å². The number of carbonyl (C=O) groups excluding carboxylic acids is 1. The van der Waals surface area contributed by atoms with E-state index >= 15 is 0 Å². The van der Waals surface area contributed by atoms with Gasteiger partial charge in [0, 0.05) is 0 Å². The number of ether oxygens (including phenoxy) is 1. The Morgan fingerprint density at radius 3 is 2.28 bits per heavy atom. The number of esters is 1. The molecule has 0 spiro atoms. The van der Waals surface area contributed by atoms with Crippen LogP contribution in [-0.2, 0) is 26.2 Å². The Balaban J connectivity index is 2.09. The normalized spacial score (nSPS) is 13.9. The zero-order valence-electron chi connectivity index (χ0n) is 14.0. The van der Waals surface area contributed by atoms with Crippen molar-refractivity contribution in [2.75, 3.05) is 0 Å².